The average Bonchev–Trinajstić information content (AvgIpc) is 3.12. The quantitative estimate of drug-likeness (QED) is 0.673. The van der Waals surface area contributed by atoms with Gasteiger partial charge in [-0.15, -0.1) is 11.3 Å². The van der Waals surface area contributed by atoms with E-state index in [1.165, 1.54) is 25.4 Å². The van der Waals surface area contributed by atoms with Gasteiger partial charge in [-0.1, -0.05) is 0 Å². The zero-order valence-corrected chi connectivity index (χ0v) is 15.0. The van der Waals surface area contributed by atoms with Crippen molar-refractivity contribution in [2.75, 3.05) is 6.54 Å². The molecule has 3 heterocycles. The molecule has 0 fully saturated rings. The molecule has 0 spiro atoms. The van der Waals surface area contributed by atoms with E-state index in [1.807, 2.05) is 5.38 Å². The summed E-state index contributed by atoms with van der Waals surface area (Å²) in [6.07, 6.45) is 3.81. The summed E-state index contributed by atoms with van der Waals surface area (Å²) >= 11 is 1.43. The van der Waals surface area contributed by atoms with Crippen LogP contribution in [0.4, 0.5) is 0 Å². The summed E-state index contributed by atoms with van der Waals surface area (Å²) in [4.78, 5) is 48.5. The first-order valence-electron chi connectivity index (χ1n) is 7.74. The predicted octanol–water partition coefficient (Wildman–Crippen LogP) is -0.0300. The number of aromatic nitrogens is 5. The Labute approximate surface area is 152 Å². The second kappa shape index (κ2) is 7.40. The van der Waals surface area contributed by atoms with Crippen molar-refractivity contribution in [1.29, 1.82) is 0 Å². The van der Waals surface area contributed by atoms with Crippen LogP contribution in [-0.2, 0) is 20.5 Å². The van der Waals surface area contributed by atoms with Gasteiger partial charge in [0, 0.05) is 50.9 Å². The Balaban J connectivity index is 1.64. The number of nitrogens with one attached hydrogen (secondary N) is 1. The molecule has 3 aromatic heterocycles. The van der Waals surface area contributed by atoms with E-state index in [4.69, 9.17) is 0 Å². The fourth-order valence-corrected chi connectivity index (χ4v) is 3.08. The van der Waals surface area contributed by atoms with Crippen LogP contribution in [-0.4, -0.2) is 36.5 Å². The highest BCUT2D eigenvalue weighted by atomic mass is 32.1. The van der Waals surface area contributed by atoms with Gasteiger partial charge in [0.2, 0.25) is 0 Å². The van der Waals surface area contributed by atoms with Crippen molar-refractivity contribution in [2.24, 2.45) is 14.1 Å². The third-order valence-corrected chi connectivity index (χ3v) is 4.62. The van der Waals surface area contributed by atoms with Crippen LogP contribution < -0.4 is 16.6 Å². The fourth-order valence-electron chi connectivity index (χ4n) is 2.28. The molecule has 0 atom stereocenters. The largest absolute Gasteiger partial charge is 0.350 e. The van der Waals surface area contributed by atoms with Crippen molar-refractivity contribution in [1.82, 2.24) is 29.4 Å². The van der Waals surface area contributed by atoms with Crippen molar-refractivity contribution in [3.8, 4) is 10.8 Å². The molecule has 0 radical (unpaired) electrons. The Bertz CT molecular complexity index is 1050. The van der Waals surface area contributed by atoms with Gasteiger partial charge in [0.05, 0.1) is 5.69 Å². The topological polar surface area (TPSA) is 112 Å². The molecule has 0 aromatic carbocycles. The number of rotatable bonds is 5. The van der Waals surface area contributed by atoms with Gasteiger partial charge in [0.15, 0.2) is 10.8 Å². The second-order valence-corrected chi connectivity index (χ2v) is 6.35. The van der Waals surface area contributed by atoms with Crippen LogP contribution in [0, 0.1) is 0 Å². The lowest BCUT2D eigenvalue weighted by Crippen LogP contribution is -2.41. The second-order valence-electron chi connectivity index (χ2n) is 5.49. The molecule has 0 aliphatic carbocycles. The molecule has 9 nitrogen and oxygen atoms in total. The molecule has 0 aliphatic heterocycles. The van der Waals surface area contributed by atoms with E-state index >= 15 is 0 Å². The highest BCUT2D eigenvalue weighted by molar-refractivity contribution is 7.13. The van der Waals surface area contributed by atoms with E-state index in [-0.39, 0.29) is 5.69 Å². The minimum absolute atomic E-state index is 0.0229. The average molecular weight is 372 g/mol. The van der Waals surface area contributed by atoms with Crippen molar-refractivity contribution in [3.05, 3.63) is 62.1 Å². The van der Waals surface area contributed by atoms with Gasteiger partial charge in [0.25, 0.3) is 11.5 Å². The van der Waals surface area contributed by atoms with Crippen LogP contribution >= 0.6 is 11.3 Å². The molecule has 26 heavy (non-hydrogen) atoms. The summed E-state index contributed by atoms with van der Waals surface area (Å²) in [5, 5.41) is 5.29. The third kappa shape index (κ3) is 3.59. The van der Waals surface area contributed by atoms with Crippen molar-refractivity contribution in [3.63, 3.8) is 0 Å². The minimum Gasteiger partial charge on any atom is -0.350 e. The van der Waals surface area contributed by atoms with E-state index < -0.39 is 17.2 Å². The van der Waals surface area contributed by atoms with Crippen molar-refractivity contribution < 1.29 is 4.79 Å². The normalized spacial score (nSPS) is 10.7. The van der Waals surface area contributed by atoms with E-state index in [1.54, 1.807) is 18.5 Å². The summed E-state index contributed by atoms with van der Waals surface area (Å²) in [6, 6.07) is 2.88. The minimum atomic E-state index is -0.547. The van der Waals surface area contributed by atoms with Crippen LogP contribution in [0.1, 0.15) is 16.2 Å². The molecule has 0 saturated carbocycles. The first-order valence-corrected chi connectivity index (χ1v) is 8.62. The lowest BCUT2D eigenvalue weighted by atomic mass is 10.3. The van der Waals surface area contributed by atoms with Gasteiger partial charge in [-0.2, -0.15) is 0 Å². The molecule has 0 bridgehead atoms. The number of carbonyl (C=O) groups is 1. The molecule has 0 saturated heterocycles. The van der Waals surface area contributed by atoms with E-state index in [2.05, 4.69) is 20.3 Å². The number of amides is 1. The standard InChI is InChI=1S/C16H16N6O3S/c1-21-11(8-12(23)22(2)16(21)25)14(24)19-7-4-10-9-26-15(20-10)13-17-5-3-6-18-13/h3,5-6,8-9H,4,7H2,1-2H3,(H,19,24). The number of hydrogen-bond donors (Lipinski definition) is 1. The fraction of sp³-hybridized carbons (Fsp3) is 0.250. The van der Waals surface area contributed by atoms with Crippen LogP contribution in [0.15, 0.2) is 39.5 Å². The maximum Gasteiger partial charge on any atom is 0.331 e. The van der Waals surface area contributed by atoms with Gasteiger partial charge >= 0.3 is 5.69 Å². The summed E-state index contributed by atoms with van der Waals surface area (Å²) in [7, 11) is 2.81. The highest BCUT2D eigenvalue weighted by Gasteiger charge is 2.13. The smallest absolute Gasteiger partial charge is 0.331 e. The zero-order valence-electron chi connectivity index (χ0n) is 14.2. The Kier molecular flexibility index (Phi) is 5.03. The van der Waals surface area contributed by atoms with Crippen molar-refractivity contribution in [2.45, 2.75) is 6.42 Å². The molecule has 0 unspecified atom stereocenters. The molecule has 0 aliphatic rings. The number of hydrogen-bond acceptors (Lipinski definition) is 7. The zero-order chi connectivity index (χ0) is 18.7. The Hall–Kier alpha value is -3.14. The van der Waals surface area contributed by atoms with E-state index in [9.17, 15) is 14.4 Å². The summed E-state index contributed by atoms with van der Waals surface area (Å²) in [5.41, 5.74) is -0.245. The maximum atomic E-state index is 12.2. The first kappa shape index (κ1) is 17.7. The summed E-state index contributed by atoms with van der Waals surface area (Å²) in [5.74, 6) is 0.0760. The lowest BCUT2D eigenvalue weighted by molar-refractivity contribution is 0.0944. The van der Waals surface area contributed by atoms with Crippen LogP contribution in [0.5, 0.6) is 0 Å². The Morgan fingerprint density at radius 3 is 2.65 bits per heavy atom. The third-order valence-electron chi connectivity index (χ3n) is 3.73. The van der Waals surface area contributed by atoms with Gasteiger partial charge in [0.1, 0.15) is 5.69 Å². The molecule has 3 aromatic rings. The Morgan fingerprint density at radius 2 is 1.92 bits per heavy atom. The van der Waals surface area contributed by atoms with Crippen molar-refractivity contribution >= 4 is 17.2 Å². The van der Waals surface area contributed by atoms with Crippen LogP contribution in [0.2, 0.25) is 0 Å². The van der Waals surface area contributed by atoms with E-state index in [0.717, 1.165) is 20.9 Å². The van der Waals surface area contributed by atoms with Gasteiger partial charge < -0.3 is 5.32 Å². The van der Waals surface area contributed by atoms with Gasteiger partial charge in [-0.25, -0.2) is 19.7 Å². The van der Waals surface area contributed by atoms with Gasteiger partial charge in [-0.3, -0.25) is 18.7 Å². The predicted molar refractivity (Wildman–Crippen MR) is 96.1 cm³/mol. The number of thiazole rings is 1. The lowest BCUT2D eigenvalue weighted by Gasteiger charge is -2.09. The monoisotopic (exact) mass is 372 g/mol. The van der Waals surface area contributed by atoms with Crippen LogP contribution in [0.25, 0.3) is 10.8 Å². The summed E-state index contributed by atoms with van der Waals surface area (Å²) < 4.78 is 2.09. The number of nitrogens with zero attached hydrogens (tertiary/aromatic N) is 5. The SMILES string of the molecule is Cn1c(C(=O)NCCc2csc(-c3ncccn3)n2)cc(=O)n(C)c1=O. The Morgan fingerprint density at radius 1 is 1.19 bits per heavy atom. The molecule has 1 N–H and O–H groups in total. The molecule has 10 heteroatoms. The van der Waals surface area contributed by atoms with Gasteiger partial charge in [-0.05, 0) is 6.07 Å². The molecular formula is C16H16N6O3S. The van der Waals surface area contributed by atoms with E-state index in [0.29, 0.717) is 23.8 Å². The molecule has 1 amide bonds. The maximum absolute atomic E-state index is 12.2. The van der Waals surface area contributed by atoms with Crippen LogP contribution in [0.3, 0.4) is 0 Å². The molecule has 3 rings (SSSR count). The first-order chi connectivity index (χ1) is 12.5. The molecular weight excluding hydrogens is 356 g/mol. The molecule has 134 valence electrons. The summed E-state index contributed by atoms with van der Waals surface area (Å²) in [6.45, 7) is 0.320. The highest BCUT2D eigenvalue weighted by Crippen LogP contribution is 2.19. The number of carbonyl (C=O) groups excluding carboxylic acids is 1.